The van der Waals surface area contributed by atoms with E-state index in [4.69, 9.17) is 0 Å². The normalized spacial score (nSPS) is 12.2. The summed E-state index contributed by atoms with van der Waals surface area (Å²) < 4.78 is 0.0789. The molecule has 0 aliphatic heterocycles. The van der Waals surface area contributed by atoms with Crippen molar-refractivity contribution in [3.05, 3.63) is 35.4 Å². The lowest BCUT2D eigenvalue weighted by molar-refractivity contribution is 0.784. The van der Waals surface area contributed by atoms with E-state index in [1.54, 1.807) is 0 Å². The van der Waals surface area contributed by atoms with Crippen LogP contribution in [0.15, 0.2) is 24.3 Å². The van der Waals surface area contributed by atoms with E-state index in [0.29, 0.717) is 5.92 Å². The Hall–Kier alpha value is -0.430. The Morgan fingerprint density at radius 2 is 1.54 bits per heavy atom. The van der Waals surface area contributed by atoms with E-state index in [1.165, 1.54) is 11.1 Å². The van der Waals surface area contributed by atoms with Crippen molar-refractivity contribution < 1.29 is 0 Å². The maximum absolute atomic E-state index is 3.70. The van der Waals surface area contributed by atoms with Crippen molar-refractivity contribution in [3.8, 4) is 0 Å². The van der Waals surface area contributed by atoms with Crippen molar-refractivity contribution >= 4 is 12.6 Å². The first-order valence-electron chi connectivity index (χ1n) is 4.76. The van der Waals surface area contributed by atoms with Gasteiger partial charge < -0.3 is 0 Å². The van der Waals surface area contributed by atoms with Gasteiger partial charge in [0.25, 0.3) is 0 Å². The average Bonchev–Trinajstić information content (AvgIpc) is 2.03. The minimum Gasteiger partial charge on any atom is -0.0587 e. The minimum atomic E-state index is 0.0789. The van der Waals surface area contributed by atoms with Gasteiger partial charge in [-0.15, -0.1) is 0 Å². The van der Waals surface area contributed by atoms with Gasteiger partial charge >= 0.3 is 0 Å². The maximum atomic E-state index is 3.70. The first kappa shape index (κ1) is 10.6. The van der Waals surface area contributed by atoms with Gasteiger partial charge in [0.2, 0.25) is 0 Å². The molecule has 0 fully saturated rings. The fraction of sp³-hybridized carbons (Fsp3) is 0.500. The molecule has 0 aromatic heterocycles. The van der Waals surface area contributed by atoms with E-state index in [-0.39, 0.29) is 4.75 Å². The Morgan fingerprint density at radius 3 is 1.85 bits per heavy atom. The molecule has 0 spiro atoms. The Balaban J connectivity index is 2.94. The van der Waals surface area contributed by atoms with E-state index in [9.17, 15) is 0 Å². The van der Waals surface area contributed by atoms with Gasteiger partial charge in [0, 0.05) is 5.56 Å². The molecule has 0 N–H and O–H groups in total. The lowest BCUT2D eigenvalue weighted by Crippen LogP contribution is -2.12. The highest BCUT2D eigenvalue weighted by molar-refractivity contribution is 7.59. The third-order valence-electron chi connectivity index (χ3n) is 2.30. The predicted octanol–water partition coefficient (Wildman–Crippen LogP) is 3.06. The lowest BCUT2D eigenvalue weighted by atomic mass is 9.97. The van der Waals surface area contributed by atoms with E-state index in [1.807, 2.05) is 0 Å². The van der Waals surface area contributed by atoms with Gasteiger partial charge in [-0.1, -0.05) is 38.1 Å². The molecule has 0 atom stereocenters. The third-order valence-corrected chi connectivity index (χ3v) is 2.59. The molecule has 1 aromatic carbocycles. The highest BCUT2D eigenvalue weighted by Crippen LogP contribution is 2.23. The lowest BCUT2D eigenvalue weighted by Gasteiger charge is -2.13. The number of benzene rings is 1. The topological polar surface area (TPSA) is 0 Å². The van der Waals surface area contributed by atoms with Crippen LogP contribution in [0.4, 0.5) is 0 Å². The first-order valence-corrected chi connectivity index (χ1v) is 5.26. The zero-order valence-electron chi connectivity index (χ0n) is 8.89. The number of hydrogen-bond acceptors (Lipinski definition) is 0. The predicted molar refractivity (Wildman–Crippen MR) is 63.7 cm³/mol. The second-order valence-electron chi connectivity index (χ2n) is 4.40. The van der Waals surface area contributed by atoms with E-state index in [2.05, 4.69) is 64.6 Å². The average molecular weight is 195 g/mol. The molecule has 13 heavy (non-hydrogen) atoms. The molecule has 72 valence electrons. The summed E-state index contributed by atoms with van der Waals surface area (Å²) in [5.74, 6) is 0.617. The van der Waals surface area contributed by atoms with Gasteiger partial charge in [-0.05, 0) is 38.0 Å². The summed E-state index contributed by atoms with van der Waals surface area (Å²) in [4.78, 5) is 0. The first-order chi connectivity index (χ1) is 5.91. The molecule has 0 aliphatic carbocycles. The summed E-state index contributed by atoms with van der Waals surface area (Å²) in [5.41, 5.74) is 2.73. The smallest absolute Gasteiger partial charge is 0.0587 e. The van der Waals surface area contributed by atoms with Crippen LogP contribution >= 0.6 is 0 Å². The van der Waals surface area contributed by atoms with E-state index >= 15 is 0 Å². The highest BCUT2D eigenvalue weighted by atomic mass is 32.1. The molecule has 0 nitrogen and oxygen atoms in total. The van der Waals surface area contributed by atoms with Crippen LogP contribution in [0, 0.1) is 0 Å². The third kappa shape index (κ3) is 2.77. The summed E-state index contributed by atoms with van der Waals surface area (Å²) in [6.45, 7) is 8.75. The molecule has 0 radical (unpaired) electrons. The van der Waals surface area contributed by atoms with Crippen LogP contribution in [0.25, 0.3) is 0 Å². The molecule has 1 aromatic rings. The van der Waals surface area contributed by atoms with Crippen molar-refractivity contribution in [2.75, 3.05) is 0 Å². The van der Waals surface area contributed by atoms with Crippen molar-refractivity contribution in [1.82, 2.24) is 0 Å². The van der Waals surface area contributed by atoms with Gasteiger partial charge in [-0.3, -0.25) is 0 Å². The highest BCUT2D eigenvalue weighted by Gasteiger charge is 2.20. The molecular formula is C12H19S+. The van der Waals surface area contributed by atoms with Crippen LogP contribution in [0.1, 0.15) is 44.7 Å². The van der Waals surface area contributed by atoms with Gasteiger partial charge in [-0.2, -0.15) is 0 Å². The van der Waals surface area contributed by atoms with Crippen molar-refractivity contribution in [2.45, 2.75) is 38.4 Å². The number of hydrogen-bond donors (Lipinski definition) is 0. The standard InChI is InChI=1S/C12H18S/c1-9(2)10-5-7-11(8-6-10)12(3,4)13/h5-9,13H,1-4H3/p+1. The Morgan fingerprint density at radius 1 is 1.08 bits per heavy atom. The number of rotatable bonds is 2. The van der Waals surface area contributed by atoms with Gasteiger partial charge in [0.1, 0.15) is 4.75 Å². The molecule has 0 heterocycles. The van der Waals surface area contributed by atoms with Crippen LogP contribution in [0.2, 0.25) is 0 Å². The molecule has 0 saturated carbocycles. The van der Waals surface area contributed by atoms with Crippen molar-refractivity contribution in [3.63, 3.8) is 0 Å². The molecular weight excluding hydrogens is 176 g/mol. The second kappa shape index (κ2) is 3.75. The monoisotopic (exact) mass is 195 g/mol. The largest absolute Gasteiger partial charge is 0.143 e. The SMILES string of the molecule is CC(C)c1ccc(C(C)(C)[SH2+])cc1. The molecule has 0 aliphatic rings. The van der Waals surface area contributed by atoms with Crippen molar-refractivity contribution in [1.29, 1.82) is 0 Å². The van der Waals surface area contributed by atoms with Crippen LogP contribution < -0.4 is 0 Å². The Bertz CT molecular complexity index is 264. The fourth-order valence-corrected chi connectivity index (χ4v) is 1.45. The van der Waals surface area contributed by atoms with E-state index in [0.717, 1.165) is 0 Å². The van der Waals surface area contributed by atoms with Crippen molar-refractivity contribution in [2.24, 2.45) is 0 Å². The molecule has 1 heteroatoms. The minimum absolute atomic E-state index is 0.0789. The quantitative estimate of drug-likeness (QED) is 0.636. The van der Waals surface area contributed by atoms with Crippen LogP contribution in [0.3, 0.4) is 0 Å². The van der Waals surface area contributed by atoms with Crippen LogP contribution in [-0.4, -0.2) is 0 Å². The summed E-state index contributed by atoms with van der Waals surface area (Å²) in [5, 5.41) is 0. The fourth-order valence-electron chi connectivity index (χ4n) is 1.28. The molecule has 0 saturated heterocycles. The van der Waals surface area contributed by atoms with Gasteiger partial charge in [-0.25, -0.2) is 0 Å². The maximum Gasteiger partial charge on any atom is 0.143 e. The second-order valence-corrected chi connectivity index (χ2v) is 5.65. The van der Waals surface area contributed by atoms with Crippen LogP contribution in [0.5, 0.6) is 0 Å². The Kier molecular flexibility index (Phi) is 3.07. The van der Waals surface area contributed by atoms with Gasteiger partial charge in [0.15, 0.2) is 0 Å². The zero-order valence-corrected chi connectivity index (χ0v) is 9.89. The summed E-state index contributed by atoms with van der Waals surface area (Å²) >= 11 is 3.70. The van der Waals surface area contributed by atoms with Crippen LogP contribution in [-0.2, 0) is 17.4 Å². The zero-order chi connectivity index (χ0) is 10.1. The van der Waals surface area contributed by atoms with E-state index < -0.39 is 0 Å². The summed E-state index contributed by atoms with van der Waals surface area (Å²) in [6.07, 6.45) is 0. The summed E-state index contributed by atoms with van der Waals surface area (Å²) in [6, 6.07) is 8.81. The molecule has 0 bridgehead atoms. The van der Waals surface area contributed by atoms with Gasteiger partial charge in [0.05, 0.1) is 0 Å². The molecule has 0 amide bonds. The summed E-state index contributed by atoms with van der Waals surface area (Å²) in [7, 11) is 0. The molecule has 0 unspecified atom stereocenters. The molecule has 1 rings (SSSR count). The Labute approximate surface area is 86.8 Å².